The first-order chi connectivity index (χ1) is 7.04. The molecule has 0 fully saturated rings. The SMILES string of the molecule is CCC(C)C(=O)Cn1cnc([N+](=O)[O-])c1. The zero-order valence-electron chi connectivity index (χ0n) is 8.71. The number of nitro groups is 1. The number of carbonyl (C=O) groups excluding carboxylic acids is 1. The van der Waals surface area contributed by atoms with Crippen LogP contribution in [0, 0.1) is 16.0 Å². The molecule has 0 N–H and O–H groups in total. The van der Waals surface area contributed by atoms with Crippen molar-refractivity contribution in [1.29, 1.82) is 0 Å². The molecule has 0 amide bonds. The highest BCUT2D eigenvalue weighted by Crippen LogP contribution is 2.08. The normalized spacial score (nSPS) is 12.4. The van der Waals surface area contributed by atoms with Crippen molar-refractivity contribution in [3.8, 4) is 0 Å². The Morgan fingerprint density at radius 1 is 1.73 bits per heavy atom. The number of hydrogen-bond donors (Lipinski definition) is 0. The molecule has 0 radical (unpaired) electrons. The molecule has 1 rings (SSSR count). The summed E-state index contributed by atoms with van der Waals surface area (Å²) in [5.41, 5.74) is 0. The molecular weight excluding hydrogens is 198 g/mol. The van der Waals surface area contributed by atoms with E-state index in [1.165, 1.54) is 17.1 Å². The zero-order chi connectivity index (χ0) is 11.4. The quantitative estimate of drug-likeness (QED) is 0.544. The van der Waals surface area contributed by atoms with Gasteiger partial charge in [-0.15, -0.1) is 0 Å². The van der Waals surface area contributed by atoms with E-state index < -0.39 is 4.92 Å². The lowest BCUT2D eigenvalue weighted by Gasteiger charge is -2.06. The van der Waals surface area contributed by atoms with Gasteiger partial charge in [-0.2, -0.15) is 0 Å². The van der Waals surface area contributed by atoms with E-state index >= 15 is 0 Å². The Hall–Kier alpha value is -1.72. The van der Waals surface area contributed by atoms with Gasteiger partial charge in [0, 0.05) is 5.92 Å². The summed E-state index contributed by atoms with van der Waals surface area (Å²) in [6, 6.07) is 0. The second-order valence-corrected chi connectivity index (χ2v) is 3.44. The van der Waals surface area contributed by atoms with Crippen LogP contribution in [0.25, 0.3) is 0 Å². The van der Waals surface area contributed by atoms with Gasteiger partial charge in [0.2, 0.25) is 6.33 Å². The highest BCUT2D eigenvalue weighted by Gasteiger charge is 2.15. The summed E-state index contributed by atoms with van der Waals surface area (Å²) in [5, 5.41) is 10.3. The zero-order valence-corrected chi connectivity index (χ0v) is 8.71. The Labute approximate surface area is 87.1 Å². The lowest BCUT2D eigenvalue weighted by atomic mass is 10.0. The topological polar surface area (TPSA) is 78.0 Å². The third-order valence-electron chi connectivity index (χ3n) is 2.31. The molecule has 82 valence electrons. The van der Waals surface area contributed by atoms with Crippen LogP contribution >= 0.6 is 0 Å². The standard InChI is InChI=1S/C9H13N3O3/c1-3-7(2)8(13)4-11-5-9(10-6-11)12(14)15/h5-7H,3-4H2,1-2H3. The van der Waals surface area contributed by atoms with Crippen molar-refractivity contribution >= 4 is 11.6 Å². The number of aromatic nitrogens is 2. The number of carbonyl (C=O) groups is 1. The Morgan fingerprint density at radius 3 is 2.87 bits per heavy atom. The highest BCUT2D eigenvalue weighted by atomic mass is 16.6. The van der Waals surface area contributed by atoms with Gasteiger partial charge in [0.1, 0.15) is 6.20 Å². The van der Waals surface area contributed by atoms with Crippen molar-refractivity contribution in [2.75, 3.05) is 0 Å². The second kappa shape index (κ2) is 4.68. The molecule has 15 heavy (non-hydrogen) atoms. The molecule has 0 bridgehead atoms. The van der Waals surface area contributed by atoms with Crippen LogP contribution in [0.4, 0.5) is 5.82 Å². The molecule has 0 aliphatic heterocycles. The minimum atomic E-state index is -0.579. The summed E-state index contributed by atoms with van der Waals surface area (Å²) in [5.74, 6) is -0.191. The fourth-order valence-electron chi connectivity index (χ4n) is 1.09. The van der Waals surface area contributed by atoms with Crippen molar-refractivity contribution in [1.82, 2.24) is 9.55 Å². The summed E-state index contributed by atoms with van der Waals surface area (Å²) in [6.45, 7) is 3.92. The van der Waals surface area contributed by atoms with Crippen LogP contribution in [-0.4, -0.2) is 20.3 Å². The molecule has 1 unspecified atom stereocenters. The van der Waals surface area contributed by atoms with Gasteiger partial charge in [-0.1, -0.05) is 13.8 Å². The first-order valence-corrected chi connectivity index (χ1v) is 4.73. The van der Waals surface area contributed by atoms with E-state index in [9.17, 15) is 14.9 Å². The van der Waals surface area contributed by atoms with Crippen molar-refractivity contribution in [2.24, 2.45) is 5.92 Å². The minimum Gasteiger partial charge on any atom is -0.358 e. The molecule has 0 spiro atoms. The summed E-state index contributed by atoms with van der Waals surface area (Å²) in [6.07, 6.45) is 3.34. The van der Waals surface area contributed by atoms with Gasteiger partial charge in [0.05, 0.1) is 6.54 Å². The molecule has 1 heterocycles. The van der Waals surface area contributed by atoms with Crippen LogP contribution in [0.1, 0.15) is 20.3 Å². The Balaban J connectivity index is 2.65. The van der Waals surface area contributed by atoms with Crippen LogP contribution in [0.15, 0.2) is 12.5 Å². The Kier molecular flexibility index (Phi) is 3.54. The highest BCUT2D eigenvalue weighted by molar-refractivity contribution is 5.80. The van der Waals surface area contributed by atoms with E-state index in [0.717, 1.165) is 6.42 Å². The number of Topliss-reactive ketones (excluding diaryl/α,β-unsaturated/α-hetero) is 1. The monoisotopic (exact) mass is 211 g/mol. The Morgan fingerprint density at radius 2 is 2.40 bits per heavy atom. The van der Waals surface area contributed by atoms with Crippen molar-refractivity contribution in [3.63, 3.8) is 0 Å². The van der Waals surface area contributed by atoms with Crippen LogP contribution in [0.3, 0.4) is 0 Å². The molecule has 0 aliphatic carbocycles. The third-order valence-corrected chi connectivity index (χ3v) is 2.31. The smallest absolute Gasteiger partial charge is 0.358 e. The number of rotatable bonds is 5. The molecule has 6 heteroatoms. The summed E-state index contributed by atoms with van der Waals surface area (Å²) in [7, 11) is 0. The maximum absolute atomic E-state index is 11.5. The van der Waals surface area contributed by atoms with Crippen LogP contribution in [0.2, 0.25) is 0 Å². The summed E-state index contributed by atoms with van der Waals surface area (Å²) in [4.78, 5) is 24.8. The molecule has 1 aromatic heterocycles. The first-order valence-electron chi connectivity index (χ1n) is 4.73. The molecule has 6 nitrogen and oxygen atoms in total. The molecule has 1 aromatic rings. The molecule has 0 aromatic carbocycles. The largest absolute Gasteiger partial charge is 0.381 e. The maximum Gasteiger partial charge on any atom is 0.381 e. The molecule has 0 saturated carbocycles. The summed E-state index contributed by atoms with van der Waals surface area (Å²) >= 11 is 0. The molecule has 1 atom stereocenters. The van der Waals surface area contributed by atoms with E-state index in [1.807, 2.05) is 13.8 Å². The third kappa shape index (κ3) is 2.87. The van der Waals surface area contributed by atoms with Gasteiger partial charge in [0.15, 0.2) is 5.78 Å². The molecule has 0 saturated heterocycles. The fraction of sp³-hybridized carbons (Fsp3) is 0.556. The second-order valence-electron chi connectivity index (χ2n) is 3.44. The first kappa shape index (κ1) is 11.4. The predicted molar refractivity (Wildman–Crippen MR) is 53.3 cm³/mol. The fourth-order valence-corrected chi connectivity index (χ4v) is 1.09. The van der Waals surface area contributed by atoms with Crippen LogP contribution in [-0.2, 0) is 11.3 Å². The number of nitrogens with zero attached hydrogens (tertiary/aromatic N) is 3. The van der Waals surface area contributed by atoms with Gasteiger partial charge in [-0.3, -0.25) is 4.79 Å². The minimum absolute atomic E-state index is 0.0218. The van der Waals surface area contributed by atoms with Crippen molar-refractivity contribution < 1.29 is 9.72 Å². The number of hydrogen-bond acceptors (Lipinski definition) is 4. The average molecular weight is 211 g/mol. The lowest BCUT2D eigenvalue weighted by molar-refractivity contribution is -0.389. The van der Waals surface area contributed by atoms with E-state index in [-0.39, 0.29) is 24.1 Å². The Bertz CT molecular complexity index is 372. The number of ketones is 1. The van der Waals surface area contributed by atoms with Crippen molar-refractivity contribution in [3.05, 3.63) is 22.6 Å². The average Bonchev–Trinajstić information content (AvgIpc) is 2.65. The van der Waals surface area contributed by atoms with Crippen molar-refractivity contribution in [2.45, 2.75) is 26.8 Å². The molecular formula is C9H13N3O3. The van der Waals surface area contributed by atoms with Crippen LogP contribution < -0.4 is 0 Å². The van der Waals surface area contributed by atoms with E-state index in [0.29, 0.717) is 0 Å². The van der Waals surface area contributed by atoms with Crippen LogP contribution in [0.5, 0.6) is 0 Å². The van der Waals surface area contributed by atoms with E-state index in [2.05, 4.69) is 4.98 Å². The maximum atomic E-state index is 11.5. The van der Waals surface area contributed by atoms with Gasteiger partial charge in [0.25, 0.3) is 0 Å². The molecule has 0 aliphatic rings. The van der Waals surface area contributed by atoms with Gasteiger partial charge >= 0.3 is 5.82 Å². The van der Waals surface area contributed by atoms with E-state index in [4.69, 9.17) is 0 Å². The number of imidazole rings is 1. The van der Waals surface area contributed by atoms with Gasteiger partial charge < -0.3 is 14.7 Å². The van der Waals surface area contributed by atoms with Gasteiger partial charge in [-0.05, 0) is 16.3 Å². The van der Waals surface area contributed by atoms with E-state index in [1.54, 1.807) is 0 Å². The predicted octanol–water partition coefficient (Wildman–Crippen LogP) is 1.41. The lowest BCUT2D eigenvalue weighted by Crippen LogP contribution is -2.16. The van der Waals surface area contributed by atoms with Gasteiger partial charge in [-0.25, -0.2) is 0 Å². The summed E-state index contributed by atoms with van der Waals surface area (Å²) < 4.78 is 1.44.